The van der Waals surface area contributed by atoms with Crippen molar-refractivity contribution in [2.45, 2.75) is 25.4 Å². The van der Waals surface area contributed by atoms with Gasteiger partial charge in [0.05, 0.1) is 10.2 Å². The standard InChI is InChI=1S/C20H17ClN2OS/c21-15-7-5-14(6-8-15)13-23(16-9-10-16)20(24)12-11-19-22-17-3-1-2-4-18(17)25-19/h1-8,11-12,16H,9-10,13H2/b12-11+. The van der Waals surface area contributed by atoms with Gasteiger partial charge in [0, 0.05) is 23.7 Å². The lowest BCUT2D eigenvalue weighted by atomic mass is 10.2. The van der Waals surface area contributed by atoms with Crippen molar-refractivity contribution >= 4 is 45.1 Å². The van der Waals surface area contributed by atoms with Gasteiger partial charge in [-0.25, -0.2) is 4.98 Å². The van der Waals surface area contributed by atoms with Crippen molar-refractivity contribution in [2.24, 2.45) is 0 Å². The minimum Gasteiger partial charge on any atom is -0.332 e. The van der Waals surface area contributed by atoms with Crippen LogP contribution in [0.4, 0.5) is 0 Å². The summed E-state index contributed by atoms with van der Waals surface area (Å²) >= 11 is 7.54. The Bertz CT molecular complexity index is 895. The molecule has 126 valence electrons. The van der Waals surface area contributed by atoms with E-state index in [1.54, 1.807) is 17.4 Å². The molecule has 3 aromatic rings. The summed E-state index contributed by atoms with van der Waals surface area (Å²) < 4.78 is 1.13. The normalized spacial score (nSPS) is 14.3. The van der Waals surface area contributed by atoms with Gasteiger partial charge in [0.1, 0.15) is 5.01 Å². The Morgan fingerprint density at radius 2 is 1.96 bits per heavy atom. The van der Waals surface area contributed by atoms with Gasteiger partial charge in [-0.3, -0.25) is 4.79 Å². The van der Waals surface area contributed by atoms with Crippen molar-refractivity contribution in [3.63, 3.8) is 0 Å². The molecule has 1 aromatic heterocycles. The van der Waals surface area contributed by atoms with Crippen molar-refractivity contribution in [1.29, 1.82) is 0 Å². The summed E-state index contributed by atoms with van der Waals surface area (Å²) in [5.74, 6) is 0.0386. The van der Waals surface area contributed by atoms with Crippen LogP contribution in [0.25, 0.3) is 16.3 Å². The van der Waals surface area contributed by atoms with Crippen molar-refractivity contribution in [3.05, 3.63) is 70.2 Å². The molecule has 1 fully saturated rings. The average Bonchev–Trinajstić information content (AvgIpc) is 3.37. The van der Waals surface area contributed by atoms with Crippen LogP contribution in [-0.2, 0) is 11.3 Å². The number of para-hydroxylation sites is 1. The van der Waals surface area contributed by atoms with Gasteiger partial charge in [-0.2, -0.15) is 0 Å². The first-order chi connectivity index (χ1) is 12.2. The quantitative estimate of drug-likeness (QED) is 0.583. The summed E-state index contributed by atoms with van der Waals surface area (Å²) in [7, 11) is 0. The highest BCUT2D eigenvalue weighted by atomic mass is 35.5. The van der Waals surface area contributed by atoms with Crippen LogP contribution in [0, 0.1) is 0 Å². The molecule has 0 aliphatic heterocycles. The molecule has 25 heavy (non-hydrogen) atoms. The smallest absolute Gasteiger partial charge is 0.247 e. The van der Waals surface area contributed by atoms with Gasteiger partial charge < -0.3 is 4.90 Å². The predicted molar refractivity (Wildman–Crippen MR) is 104 cm³/mol. The van der Waals surface area contributed by atoms with E-state index in [9.17, 15) is 4.79 Å². The number of benzene rings is 2. The van der Waals surface area contributed by atoms with E-state index in [1.807, 2.05) is 59.5 Å². The third kappa shape index (κ3) is 3.91. The van der Waals surface area contributed by atoms with E-state index in [0.29, 0.717) is 17.6 Å². The van der Waals surface area contributed by atoms with Crippen LogP contribution in [0.5, 0.6) is 0 Å². The van der Waals surface area contributed by atoms with Crippen molar-refractivity contribution in [1.82, 2.24) is 9.88 Å². The van der Waals surface area contributed by atoms with E-state index in [2.05, 4.69) is 4.98 Å². The fraction of sp³-hybridized carbons (Fsp3) is 0.200. The Morgan fingerprint density at radius 3 is 2.68 bits per heavy atom. The maximum atomic E-state index is 12.7. The van der Waals surface area contributed by atoms with E-state index in [4.69, 9.17) is 11.6 Å². The van der Waals surface area contributed by atoms with Crippen molar-refractivity contribution in [2.75, 3.05) is 0 Å². The molecule has 1 heterocycles. The molecule has 5 heteroatoms. The van der Waals surface area contributed by atoms with Gasteiger partial charge in [0.15, 0.2) is 0 Å². The third-order valence-corrected chi connectivity index (χ3v) is 5.47. The molecule has 1 amide bonds. The van der Waals surface area contributed by atoms with Gasteiger partial charge in [-0.15, -0.1) is 11.3 Å². The molecule has 1 aliphatic rings. The van der Waals surface area contributed by atoms with Crippen LogP contribution >= 0.6 is 22.9 Å². The molecule has 0 unspecified atom stereocenters. The second kappa shape index (κ2) is 6.98. The van der Waals surface area contributed by atoms with Gasteiger partial charge in [0.25, 0.3) is 0 Å². The SMILES string of the molecule is O=C(/C=C/c1nc2ccccc2s1)N(Cc1ccc(Cl)cc1)C1CC1. The summed E-state index contributed by atoms with van der Waals surface area (Å²) in [4.78, 5) is 19.2. The zero-order chi connectivity index (χ0) is 17.2. The lowest BCUT2D eigenvalue weighted by Gasteiger charge is -2.21. The zero-order valence-corrected chi connectivity index (χ0v) is 15.1. The fourth-order valence-corrected chi connectivity index (χ4v) is 3.76. The first kappa shape index (κ1) is 16.3. The Labute approximate surface area is 155 Å². The number of aromatic nitrogens is 1. The molecule has 0 bridgehead atoms. The van der Waals surface area contributed by atoms with E-state index in [-0.39, 0.29) is 5.91 Å². The van der Waals surface area contributed by atoms with E-state index in [0.717, 1.165) is 33.6 Å². The number of thiazole rings is 1. The molecule has 2 aromatic carbocycles. The highest BCUT2D eigenvalue weighted by Crippen LogP contribution is 2.29. The summed E-state index contributed by atoms with van der Waals surface area (Å²) in [6.07, 6.45) is 5.62. The molecule has 0 radical (unpaired) electrons. The highest BCUT2D eigenvalue weighted by Gasteiger charge is 2.31. The fourth-order valence-electron chi connectivity index (χ4n) is 2.76. The summed E-state index contributed by atoms with van der Waals surface area (Å²) in [5, 5.41) is 1.57. The van der Waals surface area contributed by atoms with Crippen LogP contribution in [0.15, 0.2) is 54.6 Å². The average molecular weight is 369 g/mol. The van der Waals surface area contributed by atoms with Crippen LogP contribution < -0.4 is 0 Å². The lowest BCUT2D eigenvalue weighted by molar-refractivity contribution is -0.127. The lowest BCUT2D eigenvalue weighted by Crippen LogP contribution is -2.31. The Kier molecular flexibility index (Phi) is 4.55. The first-order valence-corrected chi connectivity index (χ1v) is 9.47. The predicted octanol–water partition coefficient (Wildman–Crippen LogP) is 5.15. The molecule has 0 atom stereocenters. The number of carbonyl (C=O) groups excluding carboxylic acids is 1. The van der Waals surface area contributed by atoms with Gasteiger partial charge >= 0.3 is 0 Å². The molecule has 4 rings (SSSR count). The zero-order valence-electron chi connectivity index (χ0n) is 13.6. The highest BCUT2D eigenvalue weighted by molar-refractivity contribution is 7.19. The maximum absolute atomic E-state index is 12.7. The number of hydrogen-bond donors (Lipinski definition) is 0. The van der Waals surface area contributed by atoms with E-state index in [1.165, 1.54) is 0 Å². The number of carbonyl (C=O) groups is 1. The topological polar surface area (TPSA) is 33.2 Å². The Hall–Kier alpha value is -2.17. The second-order valence-electron chi connectivity index (χ2n) is 6.18. The largest absolute Gasteiger partial charge is 0.332 e. The summed E-state index contributed by atoms with van der Waals surface area (Å²) in [6.45, 7) is 0.616. The molecular weight excluding hydrogens is 352 g/mol. The van der Waals surface area contributed by atoms with Crippen LogP contribution in [0.1, 0.15) is 23.4 Å². The Balaban J connectivity index is 1.49. The summed E-state index contributed by atoms with van der Waals surface area (Å²) in [6, 6.07) is 16.0. The molecular formula is C20H17ClN2OS. The van der Waals surface area contributed by atoms with Crippen LogP contribution in [0.2, 0.25) is 5.02 Å². The van der Waals surface area contributed by atoms with Gasteiger partial charge in [-0.1, -0.05) is 35.9 Å². The molecule has 3 nitrogen and oxygen atoms in total. The second-order valence-corrected chi connectivity index (χ2v) is 7.68. The number of hydrogen-bond acceptors (Lipinski definition) is 3. The molecule has 0 N–H and O–H groups in total. The number of amides is 1. The molecule has 1 saturated carbocycles. The molecule has 0 spiro atoms. The minimum absolute atomic E-state index is 0.0386. The van der Waals surface area contributed by atoms with Crippen LogP contribution in [0.3, 0.4) is 0 Å². The van der Waals surface area contributed by atoms with E-state index < -0.39 is 0 Å². The number of rotatable bonds is 5. The molecule has 0 saturated heterocycles. The minimum atomic E-state index is 0.0386. The maximum Gasteiger partial charge on any atom is 0.247 e. The Morgan fingerprint density at radius 1 is 1.20 bits per heavy atom. The van der Waals surface area contributed by atoms with Crippen LogP contribution in [-0.4, -0.2) is 21.8 Å². The number of halogens is 1. The first-order valence-electron chi connectivity index (χ1n) is 8.28. The summed E-state index contributed by atoms with van der Waals surface area (Å²) in [5.41, 5.74) is 2.07. The van der Waals surface area contributed by atoms with Gasteiger partial charge in [0.2, 0.25) is 5.91 Å². The monoisotopic (exact) mass is 368 g/mol. The van der Waals surface area contributed by atoms with Gasteiger partial charge in [-0.05, 0) is 48.7 Å². The number of nitrogens with zero attached hydrogens (tertiary/aromatic N) is 2. The molecule has 1 aliphatic carbocycles. The number of fused-ring (bicyclic) bond motifs is 1. The van der Waals surface area contributed by atoms with E-state index >= 15 is 0 Å². The van der Waals surface area contributed by atoms with Crippen molar-refractivity contribution < 1.29 is 4.79 Å². The van der Waals surface area contributed by atoms with Crippen molar-refractivity contribution in [3.8, 4) is 0 Å². The third-order valence-electron chi connectivity index (χ3n) is 4.22.